The Balaban J connectivity index is 1.54. The van der Waals surface area contributed by atoms with E-state index in [0.717, 1.165) is 11.3 Å². The van der Waals surface area contributed by atoms with Gasteiger partial charge in [-0.25, -0.2) is 9.59 Å². The molecule has 0 aliphatic rings. The largest absolute Gasteiger partial charge is 0.494 e. The van der Waals surface area contributed by atoms with Gasteiger partial charge in [-0.15, -0.1) is 0 Å². The fraction of sp³-hybridized carbons (Fsp3) is 0.190. The highest BCUT2D eigenvalue weighted by Gasteiger charge is 2.17. The molecule has 3 rings (SSSR count). The summed E-state index contributed by atoms with van der Waals surface area (Å²) >= 11 is 0. The summed E-state index contributed by atoms with van der Waals surface area (Å²) in [5, 5.41) is 2.65. The molecule has 0 aliphatic heterocycles. The van der Waals surface area contributed by atoms with Crippen LogP contribution in [0.4, 0.5) is 5.69 Å². The Kier molecular flexibility index (Phi) is 6.13. The molecule has 1 aromatic heterocycles. The number of nitrogens with one attached hydrogen (secondary N) is 3. The number of anilines is 1. The van der Waals surface area contributed by atoms with Crippen LogP contribution in [0, 0.1) is 0 Å². The summed E-state index contributed by atoms with van der Waals surface area (Å²) in [4.78, 5) is 40.8. The number of imidazole rings is 1. The van der Waals surface area contributed by atoms with Gasteiger partial charge in [-0.2, -0.15) is 0 Å². The molecule has 1 heterocycles. The zero-order valence-corrected chi connectivity index (χ0v) is 16.0. The van der Waals surface area contributed by atoms with Gasteiger partial charge >= 0.3 is 11.7 Å². The van der Waals surface area contributed by atoms with Crippen molar-refractivity contribution in [1.29, 1.82) is 0 Å². The fourth-order valence-electron chi connectivity index (χ4n) is 2.63. The molecule has 0 saturated heterocycles. The molecular weight excluding hydrogens is 374 g/mol. The predicted molar refractivity (Wildman–Crippen MR) is 110 cm³/mol. The third kappa shape index (κ3) is 5.35. The smallest absolute Gasteiger partial charge is 0.331 e. The zero-order valence-electron chi connectivity index (χ0n) is 16.0. The minimum atomic E-state index is -0.992. The first kappa shape index (κ1) is 19.9. The second kappa shape index (κ2) is 8.92. The lowest BCUT2D eigenvalue weighted by Gasteiger charge is -2.12. The number of carbonyl (C=O) groups is 2. The van der Waals surface area contributed by atoms with E-state index in [0.29, 0.717) is 23.3 Å². The number of esters is 1. The van der Waals surface area contributed by atoms with Crippen LogP contribution in [-0.2, 0) is 14.3 Å². The van der Waals surface area contributed by atoms with Gasteiger partial charge in [0.05, 0.1) is 17.6 Å². The second-order valence-electron chi connectivity index (χ2n) is 6.24. The fourth-order valence-corrected chi connectivity index (χ4v) is 2.63. The van der Waals surface area contributed by atoms with Gasteiger partial charge in [-0.1, -0.05) is 12.1 Å². The molecule has 8 heteroatoms. The summed E-state index contributed by atoms with van der Waals surface area (Å²) in [7, 11) is 0. The summed E-state index contributed by atoms with van der Waals surface area (Å²) in [5.41, 5.74) is 2.15. The summed E-state index contributed by atoms with van der Waals surface area (Å²) in [6.07, 6.45) is 1.86. The highest BCUT2D eigenvalue weighted by atomic mass is 16.5. The van der Waals surface area contributed by atoms with Crippen LogP contribution in [0.5, 0.6) is 5.75 Å². The van der Waals surface area contributed by atoms with Crippen molar-refractivity contribution in [2.45, 2.75) is 20.0 Å². The number of carbonyl (C=O) groups excluding carboxylic acids is 2. The normalized spacial score (nSPS) is 12.1. The van der Waals surface area contributed by atoms with Crippen molar-refractivity contribution in [2.24, 2.45) is 0 Å². The highest BCUT2D eigenvalue weighted by molar-refractivity contribution is 5.97. The van der Waals surface area contributed by atoms with E-state index in [1.165, 1.54) is 13.0 Å². The molecule has 0 radical (unpaired) electrons. The lowest BCUT2D eigenvalue weighted by molar-refractivity contribution is -0.148. The minimum absolute atomic E-state index is 0.329. The molecule has 3 N–H and O–H groups in total. The van der Waals surface area contributed by atoms with Crippen LogP contribution in [0.1, 0.15) is 19.4 Å². The molecule has 2 aromatic carbocycles. The van der Waals surface area contributed by atoms with Crippen molar-refractivity contribution < 1.29 is 19.1 Å². The first-order chi connectivity index (χ1) is 13.9. The number of benzene rings is 2. The van der Waals surface area contributed by atoms with E-state index in [1.807, 2.05) is 19.1 Å². The second-order valence-corrected chi connectivity index (χ2v) is 6.24. The molecular formula is C21H21N3O5. The third-order valence-electron chi connectivity index (χ3n) is 4.05. The molecule has 0 spiro atoms. The van der Waals surface area contributed by atoms with Gasteiger partial charge in [-0.3, -0.25) is 4.79 Å². The third-order valence-corrected chi connectivity index (χ3v) is 4.05. The summed E-state index contributed by atoms with van der Waals surface area (Å²) in [6, 6.07) is 12.2. The Morgan fingerprint density at radius 3 is 2.55 bits per heavy atom. The number of aromatic amines is 2. The van der Waals surface area contributed by atoms with Crippen LogP contribution in [0.15, 0.2) is 53.3 Å². The maximum atomic E-state index is 12.3. The van der Waals surface area contributed by atoms with Gasteiger partial charge in [0.15, 0.2) is 6.10 Å². The van der Waals surface area contributed by atoms with Crippen LogP contribution < -0.4 is 15.7 Å². The molecule has 3 aromatic rings. The quantitative estimate of drug-likeness (QED) is 0.421. The predicted octanol–water partition coefficient (Wildman–Crippen LogP) is 2.84. The van der Waals surface area contributed by atoms with Crippen LogP contribution >= 0.6 is 0 Å². The monoisotopic (exact) mass is 395 g/mol. The van der Waals surface area contributed by atoms with Crippen LogP contribution in [0.25, 0.3) is 17.1 Å². The number of H-pyrrole nitrogens is 2. The number of hydrogen-bond donors (Lipinski definition) is 3. The van der Waals surface area contributed by atoms with Gasteiger partial charge in [-0.05, 0) is 55.8 Å². The molecule has 0 unspecified atom stereocenters. The van der Waals surface area contributed by atoms with Gasteiger partial charge < -0.3 is 24.8 Å². The molecule has 0 bridgehead atoms. The number of hydrogen-bond acceptors (Lipinski definition) is 5. The van der Waals surface area contributed by atoms with Gasteiger partial charge in [0.1, 0.15) is 5.75 Å². The number of aromatic nitrogens is 2. The van der Waals surface area contributed by atoms with E-state index in [-0.39, 0.29) is 5.69 Å². The molecule has 150 valence electrons. The van der Waals surface area contributed by atoms with Crippen molar-refractivity contribution in [3.63, 3.8) is 0 Å². The molecule has 1 atom stereocenters. The van der Waals surface area contributed by atoms with E-state index >= 15 is 0 Å². The van der Waals surface area contributed by atoms with E-state index in [4.69, 9.17) is 9.47 Å². The van der Waals surface area contributed by atoms with Crippen molar-refractivity contribution in [1.82, 2.24) is 9.97 Å². The van der Waals surface area contributed by atoms with Crippen molar-refractivity contribution >= 4 is 34.7 Å². The first-order valence-corrected chi connectivity index (χ1v) is 9.09. The molecule has 1 amide bonds. The Morgan fingerprint density at radius 2 is 1.83 bits per heavy atom. The lowest BCUT2D eigenvalue weighted by Crippen LogP contribution is -2.29. The van der Waals surface area contributed by atoms with Gasteiger partial charge in [0.25, 0.3) is 5.91 Å². The van der Waals surface area contributed by atoms with Gasteiger partial charge in [0, 0.05) is 11.8 Å². The SMILES string of the molecule is CCOc1ccc(/C=C/C(=O)O[C@@H](C)C(=O)Nc2ccc3[nH]c(=O)[nH]c3c2)cc1. The maximum absolute atomic E-state index is 12.3. The number of fused-ring (bicyclic) bond motifs is 1. The maximum Gasteiger partial charge on any atom is 0.331 e. The Morgan fingerprint density at radius 1 is 1.10 bits per heavy atom. The average Bonchev–Trinajstić information content (AvgIpc) is 3.07. The molecule has 29 heavy (non-hydrogen) atoms. The van der Waals surface area contributed by atoms with E-state index < -0.39 is 18.0 Å². The highest BCUT2D eigenvalue weighted by Crippen LogP contribution is 2.15. The van der Waals surface area contributed by atoms with Gasteiger partial charge in [0.2, 0.25) is 0 Å². The molecule has 0 fully saturated rings. The van der Waals surface area contributed by atoms with Crippen LogP contribution in [-0.4, -0.2) is 34.6 Å². The average molecular weight is 395 g/mol. The van der Waals surface area contributed by atoms with Crippen molar-refractivity contribution in [3.05, 3.63) is 64.6 Å². The Bertz CT molecular complexity index is 1100. The van der Waals surface area contributed by atoms with Crippen molar-refractivity contribution in [2.75, 3.05) is 11.9 Å². The summed E-state index contributed by atoms with van der Waals surface area (Å²) in [6.45, 7) is 3.97. The molecule has 8 nitrogen and oxygen atoms in total. The number of ether oxygens (including phenoxy) is 2. The summed E-state index contributed by atoms with van der Waals surface area (Å²) < 4.78 is 10.5. The molecule has 0 aliphatic carbocycles. The topological polar surface area (TPSA) is 113 Å². The number of rotatable bonds is 7. The number of amides is 1. The van der Waals surface area contributed by atoms with E-state index in [1.54, 1.807) is 36.4 Å². The lowest BCUT2D eigenvalue weighted by atomic mass is 10.2. The van der Waals surface area contributed by atoms with E-state index in [2.05, 4.69) is 15.3 Å². The van der Waals surface area contributed by atoms with Crippen molar-refractivity contribution in [3.8, 4) is 5.75 Å². The minimum Gasteiger partial charge on any atom is -0.494 e. The standard InChI is InChI=1S/C21H21N3O5/c1-3-28-16-8-4-14(5-9-16)6-11-19(25)29-13(2)20(26)22-15-7-10-17-18(12-15)24-21(27)23-17/h4-13H,3H2,1-2H3,(H,22,26)(H2,23,24,27)/b11-6+/t13-/m0/s1. The Hall–Kier alpha value is -3.81. The zero-order chi connectivity index (χ0) is 20.8. The first-order valence-electron chi connectivity index (χ1n) is 9.09. The molecule has 0 saturated carbocycles. The van der Waals surface area contributed by atoms with Crippen LogP contribution in [0.2, 0.25) is 0 Å². The van der Waals surface area contributed by atoms with Crippen LogP contribution in [0.3, 0.4) is 0 Å². The summed E-state index contributed by atoms with van der Waals surface area (Å²) in [5.74, 6) is -0.364. The Labute approximate surface area is 166 Å². The van der Waals surface area contributed by atoms with E-state index in [9.17, 15) is 14.4 Å².